The second-order valence-corrected chi connectivity index (χ2v) is 18.5. The summed E-state index contributed by atoms with van der Waals surface area (Å²) in [7, 11) is 1.16. The minimum Gasteiger partial charge on any atom is -0.756 e. The lowest BCUT2D eigenvalue weighted by atomic mass is 10.1. The summed E-state index contributed by atoms with van der Waals surface area (Å²) in [6, 6.07) is 0. The topological polar surface area (TPSA) is 111 Å². The molecule has 1 unspecified atom stereocenters. The maximum absolute atomic E-state index is 12.7. The third-order valence-corrected chi connectivity index (χ3v) is 11.1. The predicted octanol–water partition coefficient (Wildman–Crippen LogP) is 13.1. The number of quaternary nitrogens is 1. The van der Waals surface area contributed by atoms with Crippen molar-refractivity contribution in [2.45, 2.75) is 213 Å². The van der Waals surface area contributed by atoms with Gasteiger partial charge in [0, 0.05) is 12.8 Å². The van der Waals surface area contributed by atoms with Gasteiger partial charge in [-0.3, -0.25) is 14.2 Å². The van der Waals surface area contributed by atoms with Gasteiger partial charge in [-0.25, -0.2) is 0 Å². The van der Waals surface area contributed by atoms with Gasteiger partial charge in [-0.1, -0.05) is 159 Å². The molecular formula is C48H90NO8P. The third kappa shape index (κ3) is 43.8. The van der Waals surface area contributed by atoms with Crippen molar-refractivity contribution >= 4 is 19.8 Å². The summed E-state index contributed by atoms with van der Waals surface area (Å²) in [6.45, 7) is 4.19. The van der Waals surface area contributed by atoms with Gasteiger partial charge in [-0.05, 0) is 70.6 Å². The van der Waals surface area contributed by atoms with Crippen molar-refractivity contribution < 1.29 is 42.1 Å². The number of esters is 2. The highest BCUT2D eigenvalue weighted by molar-refractivity contribution is 7.45. The monoisotopic (exact) mass is 840 g/mol. The molecular weight excluding hydrogens is 750 g/mol. The van der Waals surface area contributed by atoms with E-state index in [4.69, 9.17) is 18.5 Å². The number of unbranched alkanes of at least 4 members (excludes halogenated alkanes) is 23. The molecule has 0 saturated heterocycles. The number of nitrogens with zero attached hydrogens (tertiary/aromatic N) is 1. The minimum atomic E-state index is -4.63. The molecule has 0 aromatic rings. The zero-order valence-corrected chi connectivity index (χ0v) is 39.1. The second kappa shape index (κ2) is 40.6. The molecule has 0 rings (SSSR count). The van der Waals surface area contributed by atoms with Crippen LogP contribution in [-0.4, -0.2) is 70.0 Å². The molecule has 0 aliphatic rings. The lowest BCUT2D eigenvalue weighted by Crippen LogP contribution is -2.37. The van der Waals surface area contributed by atoms with Crippen molar-refractivity contribution in [2.75, 3.05) is 47.5 Å². The Morgan fingerprint density at radius 2 is 0.931 bits per heavy atom. The highest BCUT2D eigenvalue weighted by atomic mass is 31.2. The standard InChI is InChI=1S/C48H90NO8P/c1-6-8-10-12-14-16-18-20-22-23-24-25-27-29-31-33-35-37-39-41-48(51)57-46(45-56-58(52,53)55-43-42-49(3,4)5)44-54-47(50)40-38-36-34-32-30-28-26-21-19-17-15-13-11-9-7-2/h15,17,20-22,26,46H,6-14,16,18-19,23-25,27-45H2,1-5H3/b17-15-,22-20-,26-21-/t46-/m1/s1. The van der Waals surface area contributed by atoms with Gasteiger partial charge in [0.25, 0.3) is 7.82 Å². The Hall–Kier alpha value is -1.77. The Morgan fingerprint density at radius 3 is 1.41 bits per heavy atom. The number of phosphoric acid groups is 1. The molecule has 0 radical (unpaired) electrons. The fraction of sp³-hybridized carbons (Fsp3) is 0.833. The molecule has 0 aromatic heterocycles. The molecule has 0 spiro atoms. The number of rotatable bonds is 43. The van der Waals surface area contributed by atoms with Gasteiger partial charge in [0.2, 0.25) is 0 Å². The van der Waals surface area contributed by atoms with E-state index in [0.717, 1.165) is 57.8 Å². The summed E-state index contributed by atoms with van der Waals surface area (Å²) in [5.74, 6) is -0.849. The van der Waals surface area contributed by atoms with Crippen LogP contribution >= 0.6 is 7.82 Å². The summed E-state index contributed by atoms with van der Waals surface area (Å²) in [5.41, 5.74) is 0. The Morgan fingerprint density at radius 1 is 0.534 bits per heavy atom. The number of carbonyl (C=O) groups is 2. The molecule has 0 bridgehead atoms. The fourth-order valence-corrected chi connectivity index (χ4v) is 7.11. The summed E-state index contributed by atoms with van der Waals surface area (Å²) in [6.07, 6.45) is 45.9. The molecule has 0 N–H and O–H groups in total. The number of likely N-dealkylation sites (N-methyl/N-ethyl adjacent to an activating group) is 1. The normalized spacial score (nSPS) is 13.8. The molecule has 0 fully saturated rings. The van der Waals surface area contributed by atoms with Crippen molar-refractivity contribution in [3.63, 3.8) is 0 Å². The minimum absolute atomic E-state index is 0.0335. The van der Waals surface area contributed by atoms with Crippen LogP contribution in [0.15, 0.2) is 36.5 Å². The Bertz CT molecular complexity index is 1090. The van der Waals surface area contributed by atoms with Crippen molar-refractivity contribution in [3.05, 3.63) is 36.5 Å². The van der Waals surface area contributed by atoms with E-state index in [0.29, 0.717) is 23.9 Å². The molecule has 0 aliphatic carbocycles. The van der Waals surface area contributed by atoms with Gasteiger partial charge in [-0.2, -0.15) is 0 Å². The molecule has 340 valence electrons. The molecule has 2 atom stereocenters. The summed E-state index contributed by atoms with van der Waals surface area (Å²) in [5, 5.41) is 0. The van der Waals surface area contributed by atoms with Crippen molar-refractivity contribution in [1.82, 2.24) is 0 Å². The van der Waals surface area contributed by atoms with Crippen LogP contribution in [0.4, 0.5) is 0 Å². The van der Waals surface area contributed by atoms with Crippen LogP contribution in [0.3, 0.4) is 0 Å². The molecule has 0 saturated carbocycles. The summed E-state index contributed by atoms with van der Waals surface area (Å²) < 4.78 is 33.9. The van der Waals surface area contributed by atoms with E-state index in [1.165, 1.54) is 109 Å². The van der Waals surface area contributed by atoms with E-state index in [1.807, 2.05) is 21.1 Å². The number of hydrogen-bond donors (Lipinski definition) is 0. The largest absolute Gasteiger partial charge is 0.756 e. The van der Waals surface area contributed by atoms with Crippen LogP contribution in [-0.2, 0) is 32.7 Å². The summed E-state index contributed by atoms with van der Waals surface area (Å²) in [4.78, 5) is 37.6. The first kappa shape index (κ1) is 56.2. The zero-order chi connectivity index (χ0) is 42.8. The van der Waals surface area contributed by atoms with Gasteiger partial charge in [-0.15, -0.1) is 0 Å². The van der Waals surface area contributed by atoms with Crippen LogP contribution < -0.4 is 4.89 Å². The van der Waals surface area contributed by atoms with Crippen molar-refractivity contribution in [2.24, 2.45) is 0 Å². The first-order chi connectivity index (χ1) is 28.0. The smallest absolute Gasteiger partial charge is 0.306 e. The Labute approximate surface area is 357 Å². The lowest BCUT2D eigenvalue weighted by molar-refractivity contribution is -0.870. The van der Waals surface area contributed by atoms with Crippen LogP contribution in [0.5, 0.6) is 0 Å². The van der Waals surface area contributed by atoms with Crippen LogP contribution in [0.1, 0.15) is 206 Å². The lowest BCUT2D eigenvalue weighted by Gasteiger charge is -2.28. The summed E-state index contributed by atoms with van der Waals surface area (Å²) >= 11 is 0. The molecule has 0 aliphatic heterocycles. The molecule has 10 heteroatoms. The predicted molar refractivity (Wildman–Crippen MR) is 241 cm³/mol. The number of carbonyl (C=O) groups excluding carboxylic acids is 2. The van der Waals surface area contributed by atoms with E-state index < -0.39 is 32.5 Å². The van der Waals surface area contributed by atoms with Crippen molar-refractivity contribution in [3.8, 4) is 0 Å². The molecule has 0 heterocycles. The third-order valence-electron chi connectivity index (χ3n) is 10.1. The van der Waals surface area contributed by atoms with Crippen LogP contribution in [0.25, 0.3) is 0 Å². The fourth-order valence-electron chi connectivity index (χ4n) is 6.39. The highest BCUT2D eigenvalue weighted by Gasteiger charge is 2.21. The van der Waals surface area contributed by atoms with Gasteiger partial charge >= 0.3 is 11.9 Å². The Balaban J connectivity index is 4.32. The number of ether oxygens (including phenoxy) is 2. The molecule has 9 nitrogen and oxygen atoms in total. The van der Waals surface area contributed by atoms with E-state index in [-0.39, 0.29) is 26.1 Å². The molecule has 0 aromatic carbocycles. The van der Waals surface area contributed by atoms with E-state index in [9.17, 15) is 19.0 Å². The maximum atomic E-state index is 12.7. The van der Waals surface area contributed by atoms with Gasteiger partial charge in [0.05, 0.1) is 27.7 Å². The quantitative estimate of drug-likeness (QED) is 0.0196. The first-order valence-corrected chi connectivity index (χ1v) is 25.2. The molecule has 0 amide bonds. The Kier molecular flexibility index (Phi) is 39.4. The zero-order valence-electron chi connectivity index (χ0n) is 38.2. The number of phosphoric ester groups is 1. The van der Waals surface area contributed by atoms with E-state index in [2.05, 4.69) is 50.3 Å². The second-order valence-electron chi connectivity index (χ2n) is 17.1. The van der Waals surface area contributed by atoms with Gasteiger partial charge in [0.1, 0.15) is 19.8 Å². The maximum Gasteiger partial charge on any atom is 0.306 e. The van der Waals surface area contributed by atoms with Gasteiger partial charge < -0.3 is 27.9 Å². The van der Waals surface area contributed by atoms with Crippen molar-refractivity contribution in [1.29, 1.82) is 0 Å². The highest BCUT2D eigenvalue weighted by Crippen LogP contribution is 2.38. The van der Waals surface area contributed by atoms with E-state index >= 15 is 0 Å². The SMILES string of the molecule is CCCCC/C=C\C/C=C\CCCCCCCC(=O)OC[C@H](COP(=O)([O-])OCC[N+](C)(C)C)OC(=O)CCCCCCCCCCC/C=C\CCCCCCCC. The average Bonchev–Trinajstić information content (AvgIpc) is 3.17. The number of allylic oxidation sites excluding steroid dienone is 6. The first-order valence-electron chi connectivity index (χ1n) is 23.7. The number of hydrogen-bond acceptors (Lipinski definition) is 8. The average molecular weight is 840 g/mol. The van der Waals surface area contributed by atoms with E-state index in [1.54, 1.807) is 0 Å². The van der Waals surface area contributed by atoms with Crippen LogP contribution in [0, 0.1) is 0 Å². The van der Waals surface area contributed by atoms with Crippen LogP contribution in [0.2, 0.25) is 0 Å². The van der Waals surface area contributed by atoms with Gasteiger partial charge in [0.15, 0.2) is 6.10 Å². The molecule has 58 heavy (non-hydrogen) atoms.